The van der Waals surface area contributed by atoms with Crippen molar-refractivity contribution < 1.29 is 52.5 Å². The van der Waals surface area contributed by atoms with Crippen molar-refractivity contribution in [2.45, 2.75) is 106 Å². The molecule has 0 aromatic rings. The number of hydrogen-bond acceptors (Lipinski definition) is 11. The number of rotatable bonds is 7. The van der Waals surface area contributed by atoms with Gasteiger partial charge < -0.3 is 23.7 Å². The molecule has 2 aliphatic carbocycles. The van der Waals surface area contributed by atoms with Gasteiger partial charge >= 0.3 is 23.9 Å². The van der Waals surface area contributed by atoms with Crippen molar-refractivity contribution in [1.29, 1.82) is 0 Å². The number of carbonyl (C=O) groups excluding carboxylic acids is 6. The van der Waals surface area contributed by atoms with Gasteiger partial charge in [-0.2, -0.15) is 0 Å². The molecule has 0 radical (unpaired) electrons. The summed E-state index contributed by atoms with van der Waals surface area (Å²) in [6.07, 6.45) is -2.44. The van der Waals surface area contributed by atoms with Gasteiger partial charge in [0.1, 0.15) is 12.2 Å². The van der Waals surface area contributed by atoms with Crippen molar-refractivity contribution in [3.63, 3.8) is 0 Å². The van der Waals surface area contributed by atoms with Gasteiger partial charge in [-0.3, -0.25) is 28.8 Å². The van der Waals surface area contributed by atoms with E-state index in [0.29, 0.717) is 0 Å². The van der Waals surface area contributed by atoms with Crippen molar-refractivity contribution in [3.05, 3.63) is 24.3 Å². The van der Waals surface area contributed by atoms with E-state index < -0.39 is 88.6 Å². The van der Waals surface area contributed by atoms with Crippen molar-refractivity contribution >= 4 is 35.4 Å². The normalized spacial score (nSPS) is 32.7. The number of carbonyl (C=O) groups is 6. The van der Waals surface area contributed by atoms with Gasteiger partial charge in [0.15, 0.2) is 29.4 Å². The molecule has 0 aromatic heterocycles. The van der Waals surface area contributed by atoms with Crippen LogP contribution in [0.4, 0.5) is 0 Å². The summed E-state index contributed by atoms with van der Waals surface area (Å²) in [5, 5.41) is 0. The molecule has 0 saturated heterocycles. The average Bonchev–Trinajstić information content (AvgIpc) is 3.13. The summed E-state index contributed by atoms with van der Waals surface area (Å²) in [5.41, 5.74) is -3.26. The summed E-state index contributed by atoms with van der Waals surface area (Å²) < 4.78 is 29.2. The van der Waals surface area contributed by atoms with E-state index in [0.717, 1.165) is 20.8 Å². The first-order valence-electron chi connectivity index (χ1n) is 14.5. The lowest BCUT2D eigenvalue weighted by Gasteiger charge is -2.42. The van der Waals surface area contributed by atoms with Crippen LogP contribution in [0, 0.1) is 29.1 Å². The molecule has 0 N–H and O–H groups in total. The minimum Gasteiger partial charge on any atom is -0.462 e. The molecule has 8 unspecified atom stereocenters. The third kappa shape index (κ3) is 8.19. The number of fused-ring (bicyclic) bond motifs is 1. The Morgan fingerprint density at radius 2 is 1.40 bits per heavy atom. The summed E-state index contributed by atoms with van der Waals surface area (Å²) >= 11 is 0. The minimum absolute atomic E-state index is 0.0124. The highest BCUT2D eigenvalue weighted by atomic mass is 16.6. The van der Waals surface area contributed by atoms with E-state index in [2.05, 4.69) is 6.58 Å². The Morgan fingerprint density at radius 1 is 0.860 bits per heavy atom. The molecule has 11 nitrogen and oxygen atoms in total. The highest BCUT2D eigenvalue weighted by molar-refractivity contribution is 5.95. The van der Waals surface area contributed by atoms with Gasteiger partial charge in [0, 0.05) is 51.0 Å². The molecule has 43 heavy (non-hydrogen) atoms. The number of esters is 4. The molecule has 1 fully saturated rings. The quantitative estimate of drug-likeness (QED) is 0.237. The molecule has 0 aromatic carbocycles. The summed E-state index contributed by atoms with van der Waals surface area (Å²) in [4.78, 5) is 78.5. The lowest BCUT2D eigenvalue weighted by atomic mass is 9.72. The van der Waals surface area contributed by atoms with Gasteiger partial charge in [0.25, 0.3) is 0 Å². The van der Waals surface area contributed by atoms with Crippen LogP contribution in [0.3, 0.4) is 0 Å². The molecule has 0 amide bonds. The summed E-state index contributed by atoms with van der Waals surface area (Å²) in [6, 6.07) is 0. The fourth-order valence-electron chi connectivity index (χ4n) is 5.96. The predicted molar refractivity (Wildman–Crippen MR) is 154 cm³/mol. The van der Waals surface area contributed by atoms with E-state index >= 15 is 0 Å². The van der Waals surface area contributed by atoms with Crippen LogP contribution in [-0.2, 0) is 52.5 Å². The first-order chi connectivity index (χ1) is 19.7. The van der Waals surface area contributed by atoms with Gasteiger partial charge in [-0.15, -0.1) is 0 Å². The highest BCUT2D eigenvalue weighted by Gasteiger charge is 2.65. The maximum Gasteiger partial charge on any atom is 0.303 e. The van der Waals surface area contributed by atoms with Crippen molar-refractivity contribution in [2.24, 2.45) is 29.1 Å². The molecule has 1 saturated carbocycles. The van der Waals surface area contributed by atoms with Crippen LogP contribution in [-0.4, -0.2) is 72.1 Å². The molecule has 0 heterocycles. The van der Waals surface area contributed by atoms with Crippen molar-refractivity contribution in [2.75, 3.05) is 6.61 Å². The minimum atomic E-state index is -1.94. The van der Waals surface area contributed by atoms with E-state index in [4.69, 9.17) is 23.7 Å². The standard InChI is InChI=1S/C32H46O11/c1-16(2)15-39-28-27(42-22(8)35)19(5)26(41-21(7)34)24-25(40-20(6)33)18(4)14-32(24,43-23(9)36)29(37)17(3)12-13-31(10,11)30(28)38/h12-13,16-18,24-28H,5,14-15H2,1-4,6-11H3. The monoisotopic (exact) mass is 606 g/mol. The molecule has 2 aliphatic rings. The molecular weight excluding hydrogens is 560 g/mol. The van der Waals surface area contributed by atoms with Crippen LogP contribution >= 0.6 is 0 Å². The van der Waals surface area contributed by atoms with Crippen molar-refractivity contribution in [1.82, 2.24) is 0 Å². The number of ether oxygens (including phenoxy) is 5. The number of Topliss-reactive ketones (excluding diaryl/α,β-unsaturated/α-hetero) is 2. The van der Waals surface area contributed by atoms with Gasteiger partial charge in [0.05, 0.1) is 12.5 Å². The second-order valence-electron chi connectivity index (χ2n) is 12.6. The zero-order valence-electron chi connectivity index (χ0n) is 26.9. The van der Waals surface area contributed by atoms with Crippen LogP contribution in [0.2, 0.25) is 0 Å². The Kier molecular flexibility index (Phi) is 11.6. The maximum absolute atomic E-state index is 14.4. The number of allylic oxidation sites excluding steroid dienone is 2. The van der Waals surface area contributed by atoms with Gasteiger partial charge in [-0.05, 0) is 25.7 Å². The Bertz CT molecular complexity index is 1170. The molecule has 0 bridgehead atoms. The van der Waals surface area contributed by atoms with E-state index in [1.165, 1.54) is 6.92 Å². The zero-order chi connectivity index (χ0) is 33.0. The molecular formula is C32H46O11. The first kappa shape index (κ1) is 35.9. The molecule has 0 spiro atoms. The van der Waals surface area contributed by atoms with E-state index in [9.17, 15) is 28.8 Å². The smallest absolute Gasteiger partial charge is 0.303 e. The maximum atomic E-state index is 14.4. The third-order valence-electron chi connectivity index (χ3n) is 7.76. The lowest BCUT2D eigenvalue weighted by Crippen LogP contribution is -2.58. The second kappa shape index (κ2) is 14.0. The Morgan fingerprint density at radius 3 is 1.88 bits per heavy atom. The summed E-state index contributed by atoms with van der Waals surface area (Å²) in [6.45, 7) is 19.2. The molecule has 11 heteroatoms. The lowest BCUT2D eigenvalue weighted by molar-refractivity contribution is -0.186. The number of ketones is 2. The number of hydrogen-bond donors (Lipinski definition) is 0. The fourth-order valence-corrected chi connectivity index (χ4v) is 5.96. The van der Waals surface area contributed by atoms with E-state index in [1.807, 2.05) is 13.8 Å². The predicted octanol–water partition coefficient (Wildman–Crippen LogP) is 3.71. The molecule has 240 valence electrons. The fraction of sp³-hybridized carbons (Fsp3) is 0.688. The van der Waals surface area contributed by atoms with Gasteiger partial charge in [-0.1, -0.05) is 46.4 Å². The first-order valence-corrected chi connectivity index (χ1v) is 14.5. The molecule has 8 atom stereocenters. The Balaban J connectivity index is 3.04. The summed E-state index contributed by atoms with van der Waals surface area (Å²) in [5.74, 6) is -6.81. The summed E-state index contributed by atoms with van der Waals surface area (Å²) in [7, 11) is 0. The Labute approximate surface area is 253 Å². The van der Waals surface area contributed by atoms with Crippen LogP contribution in [0.1, 0.15) is 75.7 Å². The molecule has 0 aliphatic heterocycles. The molecule has 2 rings (SSSR count). The average molecular weight is 607 g/mol. The largest absolute Gasteiger partial charge is 0.462 e. The van der Waals surface area contributed by atoms with Crippen LogP contribution in [0.5, 0.6) is 0 Å². The zero-order valence-corrected chi connectivity index (χ0v) is 26.9. The van der Waals surface area contributed by atoms with E-state index in [-0.39, 0.29) is 24.5 Å². The Hall–Kier alpha value is -3.34. The van der Waals surface area contributed by atoms with Gasteiger partial charge in [0.2, 0.25) is 0 Å². The van der Waals surface area contributed by atoms with Crippen LogP contribution in [0.15, 0.2) is 24.3 Å². The van der Waals surface area contributed by atoms with Gasteiger partial charge in [-0.25, -0.2) is 0 Å². The van der Waals surface area contributed by atoms with E-state index in [1.54, 1.807) is 39.8 Å². The SMILES string of the molecule is C=C1C(OC(C)=O)C(OCC(C)C)C(=O)C(C)(C)C=CC(C)C(=O)C2(OC(C)=O)CC(C)C(OC(C)=O)C2C1OC(C)=O. The van der Waals surface area contributed by atoms with Crippen LogP contribution in [0.25, 0.3) is 0 Å². The van der Waals surface area contributed by atoms with Crippen LogP contribution < -0.4 is 0 Å². The topological polar surface area (TPSA) is 149 Å². The second-order valence-corrected chi connectivity index (χ2v) is 12.6. The highest BCUT2D eigenvalue weighted by Crippen LogP contribution is 2.51. The van der Waals surface area contributed by atoms with Crippen molar-refractivity contribution in [3.8, 4) is 0 Å². The third-order valence-corrected chi connectivity index (χ3v) is 7.76.